The molecule has 0 fully saturated rings. The third kappa shape index (κ3) is 5.29. The van der Waals surface area contributed by atoms with Crippen LogP contribution < -0.4 is 14.8 Å². The van der Waals surface area contributed by atoms with Gasteiger partial charge in [-0.1, -0.05) is 72.2 Å². The number of hydrogen-bond donors (Lipinski definition) is 2. The number of amides is 1. The minimum atomic E-state index is -1.45. The van der Waals surface area contributed by atoms with Crippen LogP contribution in [0.1, 0.15) is 93.4 Å². The van der Waals surface area contributed by atoms with Gasteiger partial charge in [0.25, 0.3) is 5.91 Å². The Balaban J connectivity index is 2.00. The van der Waals surface area contributed by atoms with Crippen molar-refractivity contribution in [1.82, 2.24) is 5.32 Å². The fourth-order valence-electron chi connectivity index (χ4n) is 5.42. The van der Waals surface area contributed by atoms with E-state index in [1.807, 2.05) is 60.6 Å². The lowest BCUT2D eigenvalue weighted by Crippen LogP contribution is -2.61. The molecule has 0 aromatic heterocycles. The molecule has 40 heavy (non-hydrogen) atoms. The van der Waals surface area contributed by atoms with E-state index >= 15 is 0 Å². The molecule has 0 spiro atoms. The van der Waals surface area contributed by atoms with Crippen LogP contribution >= 0.6 is 11.6 Å². The first kappa shape index (κ1) is 29.5. The van der Waals surface area contributed by atoms with Crippen LogP contribution in [0.15, 0.2) is 54.6 Å². The number of esters is 1. The van der Waals surface area contributed by atoms with Gasteiger partial charge >= 0.3 is 5.97 Å². The van der Waals surface area contributed by atoms with Crippen LogP contribution in [0, 0.1) is 0 Å². The number of phenolic OH excluding ortho intramolecular Hbond substituents is 1. The highest BCUT2D eigenvalue weighted by molar-refractivity contribution is 6.30. The molecule has 0 saturated heterocycles. The summed E-state index contributed by atoms with van der Waals surface area (Å²) in [4.78, 5) is 27.6. The number of hydrogen-bond acceptors (Lipinski definition) is 5. The van der Waals surface area contributed by atoms with Crippen LogP contribution in [0.25, 0.3) is 0 Å². The van der Waals surface area contributed by atoms with Crippen LogP contribution in [-0.4, -0.2) is 29.6 Å². The monoisotopic (exact) mass is 563 g/mol. The molecule has 1 aliphatic rings. The van der Waals surface area contributed by atoms with Gasteiger partial charge in [-0.25, -0.2) is 4.79 Å². The highest BCUT2D eigenvalue weighted by Gasteiger charge is 2.53. The minimum absolute atomic E-state index is 0.234. The van der Waals surface area contributed by atoms with Gasteiger partial charge in [0.2, 0.25) is 0 Å². The van der Waals surface area contributed by atoms with Crippen molar-refractivity contribution in [1.29, 1.82) is 0 Å². The summed E-state index contributed by atoms with van der Waals surface area (Å²) in [6.07, 6.45) is 0.251. The number of halogens is 1. The van der Waals surface area contributed by atoms with Crippen molar-refractivity contribution in [3.05, 3.63) is 87.4 Å². The number of phenols is 1. The Bertz CT molecular complexity index is 1410. The molecular weight excluding hydrogens is 526 g/mol. The predicted octanol–water partition coefficient (Wildman–Crippen LogP) is 7.28. The van der Waals surface area contributed by atoms with Crippen LogP contribution in [0.5, 0.6) is 17.2 Å². The summed E-state index contributed by atoms with van der Waals surface area (Å²) in [5.41, 5.74) is 1.12. The summed E-state index contributed by atoms with van der Waals surface area (Å²) < 4.78 is 11.1. The molecule has 4 rings (SSSR count). The van der Waals surface area contributed by atoms with Crippen molar-refractivity contribution in [3.8, 4) is 17.2 Å². The van der Waals surface area contributed by atoms with E-state index in [2.05, 4.69) is 5.32 Å². The highest BCUT2D eigenvalue weighted by Crippen LogP contribution is 2.50. The maximum absolute atomic E-state index is 13.9. The number of aromatic hydroxyl groups is 1. The van der Waals surface area contributed by atoms with E-state index in [0.29, 0.717) is 27.6 Å². The standard InChI is InChI=1S/C33H38ClNO5/c1-9-33(35-29(37)19-10-13-22(39-8)14-11-19)27(23-18-21(34)12-15-26(23)40-30(33)38)20-16-24(31(2,3)4)28(36)25(17-20)32(5,6)7/h10-18,27,36H,9H2,1-8H3,(H,35,37)/t27-,33+/m0/s1. The fraction of sp³-hybridized carbons (Fsp3) is 0.394. The van der Waals surface area contributed by atoms with Gasteiger partial charge in [0.1, 0.15) is 22.8 Å². The molecule has 0 bridgehead atoms. The third-order valence-electron chi connectivity index (χ3n) is 7.67. The molecule has 0 radical (unpaired) electrons. The maximum atomic E-state index is 13.9. The lowest BCUT2D eigenvalue weighted by molar-refractivity contribution is -0.144. The van der Waals surface area contributed by atoms with Gasteiger partial charge in [-0.05, 0) is 76.4 Å². The molecule has 1 amide bonds. The number of nitrogens with one attached hydrogen (secondary N) is 1. The van der Waals surface area contributed by atoms with E-state index in [1.54, 1.807) is 49.6 Å². The Kier molecular flexibility index (Phi) is 7.72. The number of ether oxygens (including phenoxy) is 2. The van der Waals surface area contributed by atoms with E-state index < -0.39 is 34.2 Å². The molecule has 3 aromatic carbocycles. The Labute approximate surface area is 241 Å². The Morgan fingerprint density at radius 2 is 1.57 bits per heavy atom. The molecule has 3 aromatic rings. The molecule has 2 atom stereocenters. The number of carbonyl (C=O) groups excluding carboxylic acids is 2. The Morgan fingerprint density at radius 1 is 1.00 bits per heavy atom. The van der Waals surface area contributed by atoms with Gasteiger partial charge in [-0.2, -0.15) is 0 Å². The first-order valence-corrected chi connectivity index (χ1v) is 13.9. The molecule has 2 N–H and O–H groups in total. The summed E-state index contributed by atoms with van der Waals surface area (Å²) in [6.45, 7) is 14.1. The highest BCUT2D eigenvalue weighted by atomic mass is 35.5. The van der Waals surface area contributed by atoms with Gasteiger partial charge in [-0.3, -0.25) is 4.79 Å². The number of benzene rings is 3. The molecule has 6 nitrogen and oxygen atoms in total. The second-order valence-electron chi connectivity index (χ2n) is 12.5. The zero-order valence-electron chi connectivity index (χ0n) is 24.4. The molecule has 0 unspecified atom stereocenters. The molecule has 1 heterocycles. The molecule has 0 aliphatic carbocycles. The van der Waals surface area contributed by atoms with E-state index in [1.165, 1.54) is 0 Å². The van der Waals surface area contributed by atoms with Gasteiger partial charge in [0.15, 0.2) is 0 Å². The second-order valence-corrected chi connectivity index (χ2v) is 12.9. The summed E-state index contributed by atoms with van der Waals surface area (Å²) in [5.74, 6) is -0.365. The quantitative estimate of drug-likeness (QED) is 0.252. The Hall–Kier alpha value is -3.51. The van der Waals surface area contributed by atoms with Crippen molar-refractivity contribution in [3.63, 3.8) is 0 Å². The van der Waals surface area contributed by atoms with E-state index in [-0.39, 0.29) is 12.2 Å². The summed E-state index contributed by atoms with van der Waals surface area (Å²) in [7, 11) is 1.56. The average Bonchev–Trinajstić information content (AvgIpc) is 2.88. The van der Waals surface area contributed by atoms with Gasteiger partial charge in [0.05, 0.1) is 7.11 Å². The summed E-state index contributed by atoms with van der Waals surface area (Å²) >= 11 is 6.49. The van der Waals surface area contributed by atoms with Crippen LogP contribution in [0.3, 0.4) is 0 Å². The van der Waals surface area contributed by atoms with Crippen LogP contribution in [0.4, 0.5) is 0 Å². The van der Waals surface area contributed by atoms with E-state index in [9.17, 15) is 14.7 Å². The number of fused-ring (bicyclic) bond motifs is 1. The lowest BCUT2D eigenvalue weighted by atomic mass is 9.68. The zero-order chi connectivity index (χ0) is 29.6. The average molecular weight is 564 g/mol. The Morgan fingerprint density at radius 3 is 2.08 bits per heavy atom. The first-order valence-electron chi connectivity index (χ1n) is 13.5. The van der Waals surface area contributed by atoms with Crippen molar-refractivity contribution >= 4 is 23.5 Å². The molecule has 212 valence electrons. The first-order chi connectivity index (χ1) is 18.6. The van der Waals surface area contributed by atoms with E-state index in [0.717, 1.165) is 16.7 Å². The summed E-state index contributed by atoms with van der Waals surface area (Å²) in [5, 5.41) is 15.0. The second kappa shape index (κ2) is 10.5. The lowest BCUT2D eigenvalue weighted by Gasteiger charge is -2.43. The van der Waals surface area contributed by atoms with Crippen molar-refractivity contribution in [2.75, 3.05) is 7.11 Å². The normalized spacial score (nSPS) is 19.0. The van der Waals surface area contributed by atoms with Gasteiger partial charge in [0, 0.05) is 22.1 Å². The number of rotatable bonds is 5. The fourth-order valence-corrected chi connectivity index (χ4v) is 5.60. The number of carbonyl (C=O) groups is 2. The number of methoxy groups -OCH3 is 1. The van der Waals surface area contributed by atoms with Gasteiger partial charge in [-0.15, -0.1) is 0 Å². The smallest absolute Gasteiger partial charge is 0.338 e. The predicted molar refractivity (Wildman–Crippen MR) is 158 cm³/mol. The van der Waals surface area contributed by atoms with Crippen molar-refractivity contribution < 1.29 is 24.2 Å². The molecular formula is C33H38ClNO5. The minimum Gasteiger partial charge on any atom is -0.507 e. The van der Waals surface area contributed by atoms with E-state index in [4.69, 9.17) is 21.1 Å². The SMILES string of the molecule is CC[C@]1(NC(=O)c2ccc(OC)cc2)C(=O)Oc2ccc(Cl)cc2[C@@H]1c1cc(C(C)(C)C)c(O)c(C(C)(C)C)c1. The molecule has 7 heteroatoms. The third-order valence-corrected chi connectivity index (χ3v) is 7.91. The topological polar surface area (TPSA) is 84.9 Å². The van der Waals surface area contributed by atoms with Gasteiger partial charge < -0.3 is 19.9 Å². The van der Waals surface area contributed by atoms with Crippen LogP contribution in [-0.2, 0) is 15.6 Å². The molecule has 1 aliphatic heterocycles. The zero-order valence-corrected chi connectivity index (χ0v) is 25.2. The maximum Gasteiger partial charge on any atom is 0.338 e. The summed E-state index contributed by atoms with van der Waals surface area (Å²) in [6, 6.07) is 15.8. The largest absolute Gasteiger partial charge is 0.507 e. The van der Waals surface area contributed by atoms with Crippen molar-refractivity contribution in [2.45, 2.75) is 77.2 Å². The molecule has 0 saturated carbocycles. The van der Waals surface area contributed by atoms with Crippen LogP contribution in [0.2, 0.25) is 5.02 Å². The van der Waals surface area contributed by atoms with Crippen molar-refractivity contribution in [2.24, 2.45) is 0 Å².